The minimum Gasteiger partial charge on any atom is -0.459 e. The Labute approximate surface area is 375 Å². The van der Waals surface area contributed by atoms with Gasteiger partial charge in [0.2, 0.25) is 0 Å². The molecule has 3 saturated heterocycles. The van der Waals surface area contributed by atoms with E-state index in [9.17, 15) is 25.2 Å². The number of nitrogens with zero attached hydrogens (tertiary/aromatic N) is 2. The van der Waals surface area contributed by atoms with Crippen molar-refractivity contribution < 1.29 is 58.4 Å². The Bertz CT molecular complexity index is 1340. The van der Waals surface area contributed by atoms with Crippen molar-refractivity contribution in [2.45, 2.75) is 213 Å². The Morgan fingerprint density at radius 2 is 1.61 bits per heavy atom. The number of aliphatic hydroxyl groups excluding tert-OH is 2. The maximum absolute atomic E-state index is 14.6. The van der Waals surface area contributed by atoms with Gasteiger partial charge in [-0.15, -0.1) is 0 Å². The first-order valence-corrected chi connectivity index (χ1v) is 23.7. The molecular weight excluding hydrogens is 799 g/mol. The minimum absolute atomic E-state index is 0.00524. The van der Waals surface area contributed by atoms with E-state index in [0.29, 0.717) is 39.1 Å². The molecule has 0 aliphatic carbocycles. The Balaban J connectivity index is 2.17. The third kappa shape index (κ3) is 13.1. The van der Waals surface area contributed by atoms with Gasteiger partial charge in [-0.1, -0.05) is 41.5 Å². The van der Waals surface area contributed by atoms with Crippen molar-refractivity contribution in [2.24, 2.45) is 23.2 Å². The average molecular weight is 890 g/mol. The Morgan fingerprint density at radius 1 is 0.952 bits per heavy atom. The van der Waals surface area contributed by atoms with Crippen molar-refractivity contribution in [2.75, 3.05) is 60.6 Å². The molecule has 0 radical (unpaired) electrons. The van der Waals surface area contributed by atoms with Gasteiger partial charge in [-0.3, -0.25) is 4.79 Å². The predicted octanol–water partition coefficient (Wildman–Crippen LogP) is 4.34. The molecule has 0 spiro atoms. The molecule has 3 rings (SSSR count). The molecule has 0 saturated carbocycles. The lowest BCUT2D eigenvalue weighted by Gasteiger charge is -2.54. The lowest BCUT2D eigenvalue weighted by Crippen LogP contribution is -2.70. The van der Waals surface area contributed by atoms with E-state index >= 15 is 0 Å². The maximum atomic E-state index is 14.6. The SMILES string of the molecule is CCCN1C[C@H](C)[C@@H](O)[C@](C)(O)[C@@H](CC)OC(=O)[C@H](C)[C@H](O[C@@H]2C[C@](C)(OC)[C@@](O)(CNCCCOCC)[C@H](C)O2)[C@H](C)[C@@H](O[C@@H]2O[C@H](C)C[C@H](N(C)C)[C@H]2O)C(C)(C)C[C@H]1C. The number of hydrogen-bond donors (Lipinski definition) is 5. The highest BCUT2D eigenvalue weighted by Crippen LogP contribution is 2.45. The van der Waals surface area contributed by atoms with Gasteiger partial charge in [0.05, 0.1) is 36.4 Å². The first-order valence-electron chi connectivity index (χ1n) is 23.7. The molecule has 3 aliphatic heterocycles. The highest BCUT2D eigenvalue weighted by molar-refractivity contribution is 5.73. The van der Waals surface area contributed by atoms with E-state index in [1.807, 2.05) is 60.5 Å². The molecule has 62 heavy (non-hydrogen) atoms. The molecule has 15 heteroatoms. The Kier molecular flexibility index (Phi) is 21.0. The van der Waals surface area contributed by atoms with Gasteiger partial charge in [0, 0.05) is 57.8 Å². The molecule has 15 nitrogen and oxygen atoms in total. The molecule has 17 atom stereocenters. The summed E-state index contributed by atoms with van der Waals surface area (Å²) >= 11 is 0. The fourth-order valence-electron chi connectivity index (χ4n) is 10.6. The fourth-order valence-corrected chi connectivity index (χ4v) is 10.6. The molecule has 3 fully saturated rings. The van der Waals surface area contributed by atoms with Gasteiger partial charge in [0.25, 0.3) is 0 Å². The number of ether oxygens (including phenoxy) is 7. The van der Waals surface area contributed by atoms with E-state index in [2.05, 4.69) is 37.9 Å². The van der Waals surface area contributed by atoms with Gasteiger partial charge in [-0.2, -0.15) is 0 Å². The first-order chi connectivity index (χ1) is 28.8. The number of carbonyl (C=O) groups excluding carboxylic acids is 1. The quantitative estimate of drug-likeness (QED) is 0.109. The molecule has 0 amide bonds. The van der Waals surface area contributed by atoms with Gasteiger partial charge < -0.3 is 68.7 Å². The summed E-state index contributed by atoms with van der Waals surface area (Å²) in [7, 11) is 5.46. The zero-order valence-corrected chi connectivity index (χ0v) is 41.5. The largest absolute Gasteiger partial charge is 0.459 e. The van der Waals surface area contributed by atoms with Crippen molar-refractivity contribution in [3.8, 4) is 0 Å². The number of esters is 1. The van der Waals surface area contributed by atoms with Crippen LogP contribution in [0.3, 0.4) is 0 Å². The summed E-state index contributed by atoms with van der Waals surface area (Å²) < 4.78 is 45.0. The molecule has 366 valence electrons. The van der Waals surface area contributed by atoms with Gasteiger partial charge >= 0.3 is 5.97 Å². The number of aliphatic hydroxyl groups is 4. The lowest BCUT2D eigenvalue weighted by molar-refractivity contribution is -0.334. The molecule has 0 unspecified atom stereocenters. The summed E-state index contributed by atoms with van der Waals surface area (Å²) in [5.41, 5.74) is -4.93. The second-order valence-corrected chi connectivity index (χ2v) is 20.4. The summed E-state index contributed by atoms with van der Waals surface area (Å²) in [6.07, 6.45) is -4.24. The van der Waals surface area contributed by atoms with Gasteiger partial charge in [-0.05, 0) is 119 Å². The molecule has 0 aromatic rings. The second-order valence-electron chi connectivity index (χ2n) is 20.4. The standard InChI is InChI=1S/C47H91N3O12/c1-17-22-50-27-29(4)40(52)46(13,54)36(18-2)60-42(53)33(8)39(61-37-26-45(12,56-16)47(55,34(9)59-37)28-48-21-20-23-57-19-3)32(7)41(44(10,11)25-30(50)5)62-43-38(51)35(49(14)15)24-31(6)58-43/h29-41,43,48,51-52,54-55H,17-28H2,1-16H3/t29-,30+,31+,32-,33+,34-,35-,36+,37+,38+,39+,40+,41+,43-,45-,46+,47+/m0/s1. The average Bonchev–Trinajstić information content (AvgIpc) is 3.20. The van der Waals surface area contributed by atoms with Crippen LogP contribution in [0.5, 0.6) is 0 Å². The predicted molar refractivity (Wildman–Crippen MR) is 239 cm³/mol. The molecule has 3 heterocycles. The van der Waals surface area contributed by atoms with E-state index in [4.69, 9.17) is 33.2 Å². The highest BCUT2D eigenvalue weighted by atomic mass is 16.7. The van der Waals surface area contributed by atoms with Crippen LogP contribution < -0.4 is 5.32 Å². The molecular formula is C47H91N3O12. The molecule has 0 aromatic heterocycles. The number of methoxy groups -OCH3 is 1. The highest BCUT2D eigenvalue weighted by Gasteiger charge is 2.58. The number of cyclic esters (lactones) is 1. The third-order valence-corrected chi connectivity index (χ3v) is 14.6. The number of nitrogens with one attached hydrogen (secondary N) is 1. The van der Waals surface area contributed by atoms with Crippen molar-refractivity contribution >= 4 is 5.97 Å². The van der Waals surface area contributed by atoms with Crippen LogP contribution in [0.25, 0.3) is 0 Å². The van der Waals surface area contributed by atoms with Crippen LogP contribution in [0.4, 0.5) is 0 Å². The smallest absolute Gasteiger partial charge is 0.311 e. The summed E-state index contributed by atoms with van der Waals surface area (Å²) in [6, 6.07) is -0.205. The topological polar surface area (TPSA) is 181 Å². The zero-order chi connectivity index (χ0) is 47.0. The van der Waals surface area contributed by atoms with Crippen LogP contribution in [-0.4, -0.2) is 181 Å². The Morgan fingerprint density at radius 3 is 2.19 bits per heavy atom. The molecule has 3 aliphatic rings. The van der Waals surface area contributed by atoms with E-state index in [1.165, 1.54) is 0 Å². The second kappa shape index (κ2) is 23.6. The normalized spacial score (nSPS) is 43.2. The van der Waals surface area contributed by atoms with Crippen molar-refractivity contribution in [3.05, 3.63) is 0 Å². The monoisotopic (exact) mass is 890 g/mol. The number of rotatable bonds is 16. The number of hydrogen-bond acceptors (Lipinski definition) is 15. The van der Waals surface area contributed by atoms with Crippen LogP contribution in [-0.2, 0) is 38.0 Å². The third-order valence-electron chi connectivity index (χ3n) is 14.6. The number of carbonyl (C=O) groups is 1. The van der Waals surface area contributed by atoms with E-state index in [1.54, 1.807) is 27.9 Å². The summed E-state index contributed by atoms with van der Waals surface area (Å²) in [5, 5.41) is 51.2. The summed E-state index contributed by atoms with van der Waals surface area (Å²) in [4.78, 5) is 18.9. The number of likely N-dealkylation sites (N-methyl/N-ethyl adjacent to an activating group) is 1. The van der Waals surface area contributed by atoms with Gasteiger partial charge in [0.1, 0.15) is 29.0 Å². The van der Waals surface area contributed by atoms with Crippen molar-refractivity contribution in [1.82, 2.24) is 15.1 Å². The summed E-state index contributed by atoms with van der Waals surface area (Å²) in [5.74, 6) is -2.45. The van der Waals surface area contributed by atoms with Crippen LogP contribution in [0, 0.1) is 23.2 Å². The first kappa shape index (κ1) is 55.3. The van der Waals surface area contributed by atoms with Crippen molar-refractivity contribution in [1.29, 1.82) is 0 Å². The van der Waals surface area contributed by atoms with Crippen LogP contribution in [0.15, 0.2) is 0 Å². The van der Waals surface area contributed by atoms with E-state index in [-0.39, 0.29) is 43.5 Å². The van der Waals surface area contributed by atoms with Crippen LogP contribution in [0.1, 0.15) is 129 Å². The zero-order valence-electron chi connectivity index (χ0n) is 41.5. The van der Waals surface area contributed by atoms with Crippen LogP contribution >= 0.6 is 0 Å². The van der Waals surface area contributed by atoms with Gasteiger partial charge in [0.15, 0.2) is 12.6 Å². The molecule has 0 aromatic carbocycles. The Hall–Kier alpha value is -1.05. The minimum atomic E-state index is -1.75. The summed E-state index contributed by atoms with van der Waals surface area (Å²) in [6.45, 7) is 28.6. The van der Waals surface area contributed by atoms with E-state index < -0.39 is 89.2 Å². The van der Waals surface area contributed by atoms with Crippen molar-refractivity contribution in [3.63, 3.8) is 0 Å². The van der Waals surface area contributed by atoms with E-state index in [0.717, 1.165) is 19.4 Å². The molecule has 0 bridgehead atoms. The fraction of sp³-hybridized carbons (Fsp3) is 0.979. The maximum Gasteiger partial charge on any atom is 0.311 e. The molecule has 5 N–H and O–H groups in total. The van der Waals surface area contributed by atoms with Gasteiger partial charge in [-0.25, -0.2) is 0 Å². The lowest BCUT2D eigenvalue weighted by atomic mass is 9.72. The van der Waals surface area contributed by atoms with Crippen LogP contribution in [0.2, 0.25) is 0 Å².